The van der Waals surface area contributed by atoms with Crippen LogP contribution in [-0.4, -0.2) is 20.3 Å². The highest BCUT2D eigenvalue weighted by Gasteiger charge is 2.27. The SMILES string of the molecule is CC[Si](CC)(CC)OCCBr. The highest BCUT2D eigenvalue weighted by atomic mass is 79.9. The summed E-state index contributed by atoms with van der Waals surface area (Å²) in [4.78, 5) is 0. The van der Waals surface area contributed by atoms with Crippen LogP contribution in [0.2, 0.25) is 18.1 Å². The molecule has 0 heterocycles. The van der Waals surface area contributed by atoms with Crippen LogP contribution in [0, 0.1) is 0 Å². The van der Waals surface area contributed by atoms with Crippen molar-refractivity contribution in [2.45, 2.75) is 38.9 Å². The largest absolute Gasteiger partial charge is 0.416 e. The van der Waals surface area contributed by atoms with Gasteiger partial charge in [-0.1, -0.05) is 36.7 Å². The lowest BCUT2D eigenvalue weighted by Gasteiger charge is -2.27. The predicted octanol–water partition coefficient (Wildman–Crippen LogP) is 3.40. The Morgan fingerprint density at radius 2 is 1.55 bits per heavy atom. The molecule has 0 atom stereocenters. The molecule has 0 spiro atoms. The van der Waals surface area contributed by atoms with Crippen LogP contribution < -0.4 is 0 Å². The van der Waals surface area contributed by atoms with Gasteiger partial charge in [-0.15, -0.1) is 0 Å². The summed E-state index contributed by atoms with van der Waals surface area (Å²) in [6.07, 6.45) is 0. The van der Waals surface area contributed by atoms with E-state index < -0.39 is 8.32 Å². The summed E-state index contributed by atoms with van der Waals surface area (Å²) in [5.41, 5.74) is 0. The molecule has 0 saturated heterocycles. The van der Waals surface area contributed by atoms with E-state index in [0.29, 0.717) is 0 Å². The Hall–Kier alpha value is 0.657. The molecule has 1 nitrogen and oxygen atoms in total. The maximum atomic E-state index is 5.92. The Morgan fingerprint density at radius 1 is 1.09 bits per heavy atom. The number of hydrogen-bond acceptors (Lipinski definition) is 1. The molecule has 0 rings (SSSR count). The number of hydrogen-bond donors (Lipinski definition) is 0. The van der Waals surface area contributed by atoms with E-state index in [-0.39, 0.29) is 0 Å². The van der Waals surface area contributed by atoms with E-state index in [9.17, 15) is 0 Å². The molecule has 0 aliphatic carbocycles. The van der Waals surface area contributed by atoms with Crippen molar-refractivity contribution in [1.82, 2.24) is 0 Å². The van der Waals surface area contributed by atoms with E-state index in [1.54, 1.807) is 0 Å². The predicted molar refractivity (Wildman–Crippen MR) is 56.9 cm³/mol. The van der Waals surface area contributed by atoms with Crippen molar-refractivity contribution in [3.05, 3.63) is 0 Å². The van der Waals surface area contributed by atoms with Crippen LogP contribution in [0.15, 0.2) is 0 Å². The van der Waals surface area contributed by atoms with E-state index in [0.717, 1.165) is 11.9 Å². The fourth-order valence-electron chi connectivity index (χ4n) is 1.31. The first kappa shape index (κ1) is 11.7. The second kappa shape index (κ2) is 6.20. The fourth-order valence-corrected chi connectivity index (χ4v) is 4.42. The van der Waals surface area contributed by atoms with Crippen molar-refractivity contribution in [1.29, 1.82) is 0 Å². The molecule has 0 unspecified atom stereocenters. The Bertz CT molecular complexity index is 85.8. The first-order chi connectivity index (χ1) is 5.24. The quantitative estimate of drug-likeness (QED) is 0.510. The molecule has 0 aliphatic rings. The summed E-state index contributed by atoms with van der Waals surface area (Å²) in [6, 6.07) is 3.77. The van der Waals surface area contributed by atoms with Crippen molar-refractivity contribution in [3.63, 3.8) is 0 Å². The third kappa shape index (κ3) is 3.72. The first-order valence-electron chi connectivity index (χ1n) is 4.44. The smallest absolute Gasteiger partial charge is 0.192 e. The Kier molecular flexibility index (Phi) is 6.57. The van der Waals surface area contributed by atoms with E-state index >= 15 is 0 Å². The molecule has 0 N–H and O–H groups in total. The summed E-state index contributed by atoms with van der Waals surface area (Å²) in [5.74, 6) is 0. The molecule has 68 valence electrons. The lowest BCUT2D eigenvalue weighted by Crippen LogP contribution is -2.36. The van der Waals surface area contributed by atoms with Crippen LogP contribution in [0.3, 0.4) is 0 Å². The molecule has 0 amide bonds. The lowest BCUT2D eigenvalue weighted by atomic mass is 10.9. The summed E-state index contributed by atoms with van der Waals surface area (Å²) in [6.45, 7) is 7.66. The normalized spacial score (nSPS) is 12.0. The van der Waals surface area contributed by atoms with E-state index in [1.165, 1.54) is 18.1 Å². The minimum Gasteiger partial charge on any atom is -0.416 e. The molecule has 0 bridgehead atoms. The highest BCUT2D eigenvalue weighted by Crippen LogP contribution is 2.21. The number of rotatable bonds is 6. The topological polar surface area (TPSA) is 9.23 Å². The second-order valence-electron chi connectivity index (χ2n) is 2.78. The number of alkyl halides is 1. The first-order valence-corrected chi connectivity index (χ1v) is 8.09. The van der Waals surface area contributed by atoms with Gasteiger partial charge >= 0.3 is 0 Å². The van der Waals surface area contributed by atoms with Gasteiger partial charge < -0.3 is 4.43 Å². The zero-order chi connectivity index (χ0) is 8.74. The van der Waals surface area contributed by atoms with Crippen molar-refractivity contribution in [2.75, 3.05) is 11.9 Å². The van der Waals surface area contributed by atoms with Crippen molar-refractivity contribution in [3.8, 4) is 0 Å². The average Bonchev–Trinajstić information content (AvgIpc) is 2.08. The number of halogens is 1. The molecule has 3 heteroatoms. The van der Waals surface area contributed by atoms with Crippen molar-refractivity contribution < 1.29 is 4.43 Å². The Morgan fingerprint density at radius 3 is 1.82 bits per heavy atom. The van der Waals surface area contributed by atoms with Crippen LogP contribution in [-0.2, 0) is 4.43 Å². The lowest BCUT2D eigenvalue weighted by molar-refractivity contribution is 0.325. The molecule has 0 radical (unpaired) electrons. The van der Waals surface area contributed by atoms with Crippen LogP contribution in [0.4, 0.5) is 0 Å². The highest BCUT2D eigenvalue weighted by molar-refractivity contribution is 9.09. The van der Waals surface area contributed by atoms with Crippen molar-refractivity contribution >= 4 is 24.2 Å². The van der Waals surface area contributed by atoms with Gasteiger partial charge in [-0.25, -0.2) is 0 Å². The molecule has 0 aromatic carbocycles. The zero-order valence-electron chi connectivity index (χ0n) is 7.82. The molecular formula is C8H19BrOSi. The summed E-state index contributed by atoms with van der Waals surface area (Å²) >= 11 is 3.39. The van der Waals surface area contributed by atoms with E-state index in [4.69, 9.17) is 4.43 Å². The van der Waals surface area contributed by atoms with Crippen molar-refractivity contribution in [2.24, 2.45) is 0 Å². The standard InChI is InChI=1S/C8H19BrOSi/c1-4-11(5-2,6-3)10-8-7-9/h4-8H2,1-3H3. The summed E-state index contributed by atoms with van der Waals surface area (Å²) in [5, 5.41) is 0.974. The third-order valence-electron chi connectivity index (χ3n) is 2.42. The molecule has 11 heavy (non-hydrogen) atoms. The van der Waals surface area contributed by atoms with Gasteiger partial charge in [0, 0.05) is 11.9 Å². The molecule has 0 aliphatic heterocycles. The van der Waals surface area contributed by atoms with Crippen LogP contribution >= 0.6 is 15.9 Å². The maximum absolute atomic E-state index is 5.92. The molecule has 0 fully saturated rings. The molecule has 0 saturated carbocycles. The van der Waals surface area contributed by atoms with Gasteiger partial charge in [-0.2, -0.15) is 0 Å². The third-order valence-corrected chi connectivity index (χ3v) is 7.42. The molecule has 0 aromatic rings. The summed E-state index contributed by atoms with van der Waals surface area (Å²) < 4.78 is 5.92. The minimum absolute atomic E-state index is 0.891. The average molecular weight is 239 g/mol. The van der Waals surface area contributed by atoms with Crippen LogP contribution in [0.1, 0.15) is 20.8 Å². The van der Waals surface area contributed by atoms with Gasteiger partial charge in [0.25, 0.3) is 0 Å². The second-order valence-corrected chi connectivity index (χ2v) is 8.35. The van der Waals surface area contributed by atoms with Gasteiger partial charge in [0.15, 0.2) is 8.32 Å². The van der Waals surface area contributed by atoms with E-state index in [2.05, 4.69) is 36.7 Å². The fraction of sp³-hybridized carbons (Fsp3) is 1.00. The monoisotopic (exact) mass is 238 g/mol. The van der Waals surface area contributed by atoms with Gasteiger partial charge in [-0.05, 0) is 18.1 Å². The Balaban J connectivity index is 3.84. The van der Waals surface area contributed by atoms with Crippen LogP contribution in [0.25, 0.3) is 0 Å². The van der Waals surface area contributed by atoms with Gasteiger partial charge in [-0.3, -0.25) is 0 Å². The molecule has 0 aromatic heterocycles. The van der Waals surface area contributed by atoms with Gasteiger partial charge in [0.1, 0.15) is 0 Å². The minimum atomic E-state index is -1.27. The Labute approximate surface area is 79.8 Å². The summed E-state index contributed by atoms with van der Waals surface area (Å²) in [7, 11) is -1.27. The van der Waals surface area contributed by atoms with E-state index in [1.807, 2.05) is 0 Å². The van der Waals surface area contributed by atoms with Crippen LogP contribution in [0.5, 0.6) is 0 Å². The molecular weight excluding hydrogens is 220 g/mol. The maximum Gasteiger partial charge on any atom is 0.192 e. The van der Waals surface area contributed by atoms with Gasteiger partial charge in [0.2, 0.25) is 0 Å². The zero-order valence-corrected chi connectivity index (χ0v) is 10.4. The van der Waals surface area contributed by atoms with Gasteiger partial charge in [0.05, 0.1) is 0 Å².